The molecular formula is C23H14ClFN2O3. The number of halogens is 2. The minimum Gasteiger partial charge on any atom is -0.450 e. The van der Waals surface area contributed by atoms with E-state index in [0.29, 0.717) is 16.4 Å². The largest absolute Gasteiger partial charge is 0.450 e. The Morgan fingerprint density at radius 2 is 1.83 bits per heavy atom. The van der Waals surface area contributed by atoms with Crippen LogP contribution in [0.5, 0.6) is 0 Å². The van der Waals surface area contributed by atoms with E-state index < -0.39 is 17.8 Å². The van der Waals surface area contributed by atoms with Crippen LogP contribution in [-0.4, -0.2) is 10.9 Å². The fourth-order valence-electron chi connectivity index (χ4n) is 3.74. The average molecular weight is 421 g/mol. The first-order valence-electron chi connectivity index (χ1n) is 9.22. The molecule has 0 saturated carbocycles. The Balaban J connectivity index is 1.81. The molecule has 0 bridgehead atoms. The van der Waals surface area contributed by atoms with E-state index in [2.05, 4.69) is 4.98 Å². The number of aryl methyl sites for hydroxylation is 1. The number of amides is 1. The Bertz CT molecular complexity index is 1360. The summed E-state index contributed by atoms with van der Waals surface area (Å²) in [7, 11) is 0. The van der Waals surface area contributed by atoms with E-state index in [4.69, 9.17) is 16.0 Å². The summed E-state index contributed by atoms with van der Waals surface area (Å²) in [4.78, 5) is 32.5. The van der Waals surface area contributed by atoms with Crippen molar-refractivity contribution in [2.24, 2.45) is 0 Å². The number of rotatable bonds is 2. The molecule has 0 saturated heterocycles. The van der Waals surface area contributed by atoms with E-state index in [1.54, 1.807) is 36.5 Å². The predicted octanol–water partition coefficient (Wildman–Crippen LogP) is 5.04. The van der Waals surface area contributed by atoms with Crippen LogP contribution in [0.3, 0.4) is 0 Å². The first-order valence-corrected chi connectivity index (χ1v) is 9.60. The van der Waals surface area contributed by atoms with Gasteiger partial charge in [-0.25, -0.2) is 9.37 Å². The van der Waals surface area contributed by atoms with E-state index in [1.165, 1.54) is 23.1 Å². The maximum Gasteiger partial charge on any atom is 0.296 e. The number of anilines is 1. The number of carbonyl (C=O) groups is 1. The Morgan fingerprint density at radius 1 is 1.07 bits per heavy atom. The van der Waals surface area contributed by atoms with E-state index in [9.17, 15) is 14.0 Å². The molecule has 1 aliphatic heterocycles. The van der Waals surface area contributed by atoms with Gasteiger partial charge in [0.15, 0.2) is 5.43 Å². The predicted molar refractivity (Wildman–Crippen MR) is 112 cm³/mol. The number of hydrogen-bond acceptors (Lipinski definition) is 4. The number of carbonyl (C=O) groups excluding carboxylic acids is 1. The molecule has 0 fully saturated rings. The van der Waals surface area contributed by atoms with Crippen LogP contribution in [0, 0.1) is 12.7 Å². The van der Waals surface area contributed by atoms with Crippen LogP contribution in [0.2, 0.25) is 5.02 Å². The van der Waals surface area contributed by atoms with Gasteiger partial charge in [-0.2, -0.15) is 0 Å². The second-order valence-electron chi connectivity index (χ2n) is 7.14. The second-order valence-corrected chi connectivity index (χ2v) is 7.57. The maximum absolute atomic E-state index is 13.6. The molecule has 7 heteroatoms. The second kappa shape index (κ2) is 6.78. The van der Waals surface area contributed by atoms with Gasteiger partial charge >= 0.3 is 0 Å². The number of fused-ring (bicyclic) bond motifs is 2. The zero-order chi connectivity index (χ0) is 21.0. The number of benzene rings is 2. The molecule has 1 amide bonds. The van der Waals surface area contributed by atoms with Crippen molar-refractivity contribution < 1.29 is 13.6 Å². The molecule has 0 spiro atoms. The van der Waals surface area contributed by atoms with Crippen LogP contribution in [0.25, 0.3) is 11.0 Å². The van der Waals surface area contributed by atoms with Gasteiger partial charge in [-0.15, -0.1) is 0 Å². The van der Waals surface area contributed by atoms with Crippen molar-refractivity contribution in [3.05, 3.63) is 104 Å². The van der Waals surface area contributed by atoms with Crippen molar-refractivity contribution >= 4 is 34.3 Å². The monoisotopic (exact) mass is 420 g/mol. The Labute approximate surface area is 175 Å². The van der Waals surface area contributed by atoms with Crippen molar-refractivity contribution in [2.75, 3.05) is 4.90 Å². The molecule has 0 aliphatic carbocycles. The Hall–Kier alpha value is -3.51. The van der Waals surface area contributed by atoms with Crippen LogP contribution in [0.4, 0.5) is 10.2 Å². The van der Waals surface area contributed by atoms with Gasteiger partial charge in [-0.3, -0.25) is 14.5 Å². The lowest BCUT2D eigenvalue weighted by molar-refractivity contribution is 0.0970. The average Bonchev–Trinajstić information content (AvgIpc) is 3.03. The third-order valence-electron chi connectivity index (χ3n) is 5.16. The smallest absolute Gasteiger partial charge is 0.296 e. The maximum atomic E-state index is 13.6. The summed E-state index contributed by atoms with van der Waals surface area (Å²) < 4.78 is 19.4. The third kappa shape index (κ3) is 2.80. The standard InChI is InChI=1S/C23H14ClFN2O3/c1-12-2-9-18(26-11-12)27-20(13-3-6-15(25)7-4-13)19-21(28)16-10-14(24)5-8-17(16)30-22(19)23(27)29/h2-11,20H,1H3. The van der Waals surface area contributed by atoms with Crippen LogP contribution >= 0.6 is 11.6 Å². The first kappa shape index (κ1) is 18.5. The van der Waals surface area contributed by atoms with Gasteiger partial charge in [-0.05, 0) is 54.4 Å². The highest BCUT2D eigenvalue weighted by molar-refractivity contribution is 6.31. The minimum atomic E-state index is -0.803. The lowest BCUT2D eigenvalue weighted by Gasteiger charge is -2.24. The van der Waals surface area contributed by atoms with Gasteiger partial charge in [0.2, 0.25) is 5.76 Å². The van der Waals surface area contributed by atoms with Crippen molar-refractivity contribution in [1.82, 2.24) is 4.98 Å². The molecule has 3 heterocycles. The lowest BCUT2D eigenvalue weighted by Crippen LogP contribution is -2.30. The van der Waals surface area contributed by atoms with E-state index in [-0.39, 0.29) is 27.7 Å². The summed E-state index contributed by atoms with van der Waals surface area (Å²) in [5.74, 6) is -0.579. The molecule has 5 rings (SSSR count). The highest BCUT2D eigenvalue weighted by Crippen LogP contribution is 2.40. The quantitative estimate of drug-likeness (QED) is 0.456. The van der Waals surface area contributed by atoms with Gasteiger partial charge < -0.3 is 4.42 Å². The van der Waals surface area contributed by atoms with Crippen molar-refractivity contribution in [1.29, 1.82) is 0 Å². The Kier molecular flexibility index (Phi) is 4.18. The summed E-state index contributed by atoms with van der Waals surface area (Å²) in [6.45, 7) is 1.89. The molecule has 4 aromatic rings. The molecule has 1 atom stereocenters. The first-order chi connectivity index (χ1) is 14.4. The van der Waals surface area contributed by atoms with Gasteiger partial charge in [0.25, 0.3) is 5.91 Å². The summed E-state index contributed by atoms with van der Waals surface area (Å²) in [5, 5.41) is 0.661. The number of hydrogen-bond donors (Lipinski definition) is 0. The van der Waals surface area contributed by atoms with Crippen molar-refractivity contribution in [3.8, 4) is 0 Å². The fraction of sp³-hybridized carbons (Fsp3) is 0.0870. The number of nitrogens with zero attached hydrogens (tertiary/aromatic N) is 2. The van der Waals surface area contributed by atoms with Crippen molar-refractivity contribution in [3.63, 3.8) is 0 Å². The van der Waals surface area contributed by atoms with Crippen LogP contribution in [0.15, 0.2) is 70.0 Å². The van der Waals surface area contributed by atoms with Gasteiger partial charge in [-0.1, -0.05) is 29.8 Å². The minimum absolute atomic E-state index is 0.0495. The van der Waals surface area contributed by atoms with E-state index in [0.717, 1.165) is 5.56 Å². The fourth-order valence-corrected chi connectivity index (χ4v) is 3.92. The highest BCUT2D eigenvalue weighted by Gasteiger charge is 2.44. The number of pyridine rings is 1. The summed E-state index contributed by atoms with van der Waals surface area (Å²) in [6.07, 6.45) is 1.64. The lowest BCUT2D eigenvalue weighted by atomic mass is 9.98. The normalized spacial score (nSPS) is 15.6. The van der Waals surface area contributed by atoms with Gasteiger partial charge in [0.1, 0.15) is 17.2 Å². The molecule has 2 aromatic heterocycles. The number of aromatic nitrogens is 1. The third-order valence-corrected chi connectivity index (χ3v) is 5.40. The summed E-state index contributed by atoms with van der Waals surface area (Å²) in [5.41, 5.74) is 1.60. The molecule has 0 radical (unpaired) electrons. The molecule has 0 N–H and O–H groups in total. The zero-order valence-corrected chi connectivity index (χ0v) is 16.5. The van der Waals surface area contributed by atoms with Crippen molar-refractivity contribution in [2.45, 2.75) is 13.0 Å². The van der Waals surface area contributed by atoms with E-state index >= 15 is 0 Å². The van der Waals surface area contributed by atoms with Gasteiger partial charge in [0.05, 0.1) is 17.0 Å². The van der Waals surface area contributed by atoms with Gasteiger partial charge in [0, 0.05) is 11.2 Å². The molecule has 1 unspecified atom stereocenters. The SMILES string of the molecule is Cc1ccc(N2C(=O)c3oc4ccc(Cl)cc4c(=O)c3C2c2ccc(F)cc2)nc1. The highest BCUT2D eigenvalue weighted by atomic mass is 35.5. The molecule has 5 nitrogen and oxygen atoms in total. The van der Waals surface area contributed by atoms with Crippen LogP contribution < -0.4 is 10.3 Å². The summed E-state index contributed by atoms with van der Waals surface area (Å²) >= 11 is 6.07. The molecule has 30 heavy (non-hydrogen) atoms. The molecule has 2 aromatic carbocycles. The topological polar surface area (TPSA) is 63.4 Å². The van der Waals surface area contributed by atoms with Crippen LogP contribution in [0.1, 0.15) is 33.3 Å². The molecular weight excluding hydrogens is 407 g/mol. The zero-order valence-electron chi connectivity index (χ0n) is 15.7. The Morgan fingerprint density at radius 3 is 2.53 bits per heavy atom. The van der Waals surface area contributed by atoms with Crippen LogP contribution in [-0.2, 0) is 0 Å². The van der Waals surface area contributed by atoms with E-state index in [1.807, 2.05) is 13.0 Å². The summed E-state index contributed by atoms with van der Waals surface area (Å²) in [6, 6.07) is 13.1. The molecule has 148 valence electrons. The molecule has 1 aliphatic rings.